The van der Waals surface area contributed by atoms with E-state index in [-0.39, 0.29) is 5.78 Å². The van der Waals surface area contributed by atoms with Crippen molar-refractivity contribution in [3.8, 4) is 5.75 Å². The Morgan fingerprint density at radius 2 is 2.40 bits per heavy atom. The van der Waals surface area contributed by atoms with Crippen molar-refractivity contribution in [3.05, 3.63) is 29.3 Å². The molecule has 80 valence electrons. The van der Waals surface area contributed by atoms with Crippen LogP contribution in [0, 0.1) is 0 Å². The van der Waals surface area contributed by atoms with Gasteiger partial charge in [0.15, 0.2) is 0 Å². The Hall–Kier alpha value is -1.35. The molecule has 2 rings (SSSR count). The van der Waals surface area contributed by atoms with Crippen LogP contribution in [-0.2, 0) is 11.2 Å². The Bertz CT molecular complexity index is 384. The first-order valence-corrected chi connectivity index (χ1v) is 5.10. The highest BCUT2D eigenvalue weighted by Gasteiger charge is 2.19. The maximum absolute atomic E-state index is 11.0. The van der Waals surface area contributed by atoms with Crippen molar-refractivity contribution in [1.29, 1.82) is 0 Å². The number of aliphatic hydroxyl groups excluding tert-OH is 1. The van der Waals surface area contributed by atoms with Crippen LogP contribution < -0.4 is 4.74 Å². The van der Waals surface area contributed by atoms with Gasteiger partial charge < -0.3 is 9.84 Å². The number of ether oxygens (including phenoxy) is 1. The maximum Gasteiger partial charge on any atom is 0.134 e. The Morgan fingerprint density at radius 1 is 1.60 bits per heavy atom. The number of hydrogen-bond acceptors (Lipinski definition) is 3. The van der Waals surface area contributed by atoms with Crippen molar-refractivity contribution in [2.75, 3.05) is 6.61 Å². The van der Waals surface area contributed by atoms with Crippen LogP contribution in [-0.4, -0.2) is 17.5 Å². The molecule has 1 unspecified atom stereocenters. The van der Waals surface area contributed by atoms with Crippen LogP contribution in [0.3, 0.4) is 0 Å². The van der Waals surface area contributed by atoms with E-state index in [0.717, 1.165) is 16.9 Å². The van der Waals surface area contributed by atoms with Gasteiger partial charge in [-0.3, -0.25) is 4.79 Å². The zero-order valence-corrected chi connectivity index (χ0v) is 8.69. The van der Waals surface area contributed by atoms with Gasteiger partial charge in [0, 0.05) is 18.4 Å². The molecule has 3 heteroatoms. The van der Waals surface area contributed by atoms with Gasteiger partial charge in [-0.25, -0.2) is 0 Å². The van der Waals surface area contributed by atoms with Gasteiger partial charge in [-0.15, -0.1) is 0 Å². The lowest BCUT2D eigenvalue weighted by Gasteiger charge is -2.22. The van der Waals surface area contributed by atoms with Gasteiger partial charge in [0.1, 0.15) is 11.5 Å². The maximum atomic E-state index is 11.0. The van der Waals surface area contributed by atoms with Crippen molar-refractivity contribution in [1.82, 2.24) is 0 Å². The minimum absolute atomic E-state index is 0.126. The molecule has 1 atom stereocenters. The zero-order valence-electron chi connectivity index (χ0n) is 8.69. The molecule has 1 aliphatic rings. The number of hydrogen-bond donors (Lipinski definition) is 1. The number of aliphatic hydroxyl groups is 1. The van der Waals surface area contributed by atoms with Crippen molar-refractivity contribution in [3.63, 3.8) is 0 Å². The number of benzene rings is 1. The highest BCUT2D eigenvalue weighted by Crippen LogP contribution is 2.32. The molecule has 0 saturated heterocycles. The summed E-state index contributed by atoms with van der Waals surface area (Å²) in [5, 5.41) is 9.75. The molecule has 0 aromatic heterocycles. The molecule has 1 aromatic carbocycles. The van der Waals surface area contributed by atoms with Gasteiger partial charge in [0.25, 0.3) is 0 Å². The van der Waals surface area contributed by atoms with Crippen LogP contribution in [0.2, 0.25) is 0 Å². The first-order valence-electron chi connectivity index (χ1n) is 5.10. The third-order valence-electron chi connectivity index (χ3n) is 2.54. The van der Waals surface area contributed by atoms with E-state index in [9.17, 15) is 9.90 Å². The predicted molar refractivity (Wildman–Crippen MR) is 55.9 cm³/mol. The summed E-state index contributed by atoms with van der Waals surface area (Å²) in [4.78, 5) is 11.0. The van der Waals surface area contributed by atoms with Gasteiger partial charge in [0.05, 0.1) is 12.7 Å². The first kappa shape index (κ1) is 10.2. The van der Waals surface area contributed by atoms with Crippen LogP contribution in [0.15, 0.2) is 18.2 Å². The van der Waals surface area contributed by atoms with Gasteiger partial charge in [0.2, 0.25) is 0 Å². The van der Waals surface area contributed by atoms with Gasteiger partial charge in [-0.1, -0.05) is 6.07 Å². The van der Waals surface area contributed by atoms with E-state index < -0.39 is 6.10 Å². The second-order valence-electron chi connectivity index (χ2n) is 3.90. The molecular weight excluding hydrogens is 192 g/mol. The van der Waals surface area contributed by atoms with E-state index in [1.54, 1.807) is 6.92 Å². The fourth-order valence-corrected chi connectivity index (χ4v) is 1.82. The van der Waals surface area contributed by atoms with E-state index in [1.165, 1.54) is 0 Å². The fourth-order valence-electron chi connectivity index (χ4n) is 1.82. The minimum Gasteiger partial charge on any atom is -0.493 e. The lowest BCUT2D eigenvalue weighted by Crippen LogP contribution is -2.14. The molecule has 0 aliphatic carbocycles. The smallest absolute Gasteiger partial charge is 0.134 e. The van der Waals surface area contributed by atoms with Crippen LogP contribution in [0.4, 0.5) is 0 Å². The summed E-state index contributed by atoms with van der Waals surface area (Å²) in [5.74, 6) is 0.863. The highest BCUT2D eigenvalue weighted by molar-refractivity contribution is 5.78. The summed E-state index contributed by atoms with van der Waals surface area (Å²) in [5.41, 5.74) is 1.74. The van der Waals surface area contributed by atoms with Crippen LogP contribution >= 0.6 is 0 Å². The Kier molecular flexibility index (Phi) is 2.73. The second-order valence-corrected chi connectivity index (χ2v) is 3.90. The average Bonchev–Trinajstić information content (AvgIpc) is 2.18. The molecule has 0 radical (unpaired) electrons. The molecule has 15 heavy (non-hydrogen) atoms. The molecule has 0 fully saturated rings. The van der Waals surface area contributed by atoms with E-state index in [4.69, 9.17) is 4.74 Å². The topological polar surface area (TPSA) is 46.5 Å². The summed E-state index contributed by atoms with van der Waals surface area (Å²) in [6.45, 7) is 2.12. The van der Waals surface area contributed by atoms with Crippen molar-refractivity contribution < 1.29 is 14.6 Å². The molecule has 0 amide bonds. The quantitative estimate of drug-likeness (QED) is 0.800. The van der Waals surface area contributed by atoms with Crippen LogP contribution in [0.5, 0.6) is 5.75 Å². The fraction of sp³-hybridized carbons (Fsp3) is 0.417. The molecule has 0 spiro atoms. The predicted octanol–water partition coefficient (Wildman–Crippen LogP) is 1.63. The molecule has 0 bridgehead atoms. The molecular formula is C12H14O3. The first-order chi connectivity index (χ1) is 7.16. The second kappa shape index (κ2) is 4.03. The van der Waals surface area contributed by atoms with Crippen molar-refractivity contribution in [2.45, 2.75) is 25.9 Å². The summed E-state index contributed by atoms with van der Waals surface area (Å²) >= 11 is 0. The molecule has 1 heterocycles. The van der Waals surface area contributed by atoms with E-state index in [2.05, 4.69) is 0 Å². The zero-order chi connectivity index (χ0) is 10.8. The normalized spacial score (nSPS) is 19.2. The van der Waals surface area contributed by atoms with Gasteiger partial charge in [-0.2, -0.15) is 0 Å². The Balaban J connectivity index is 2.31. The van der Waals surface area contributed by atoms with E-state index in [0.29, 0.717) is 19.4 Å². The number of carbonyl (C=O) groups is 1. The monoisotopic (exact) mass is 206 g/mol. The Morgan fingerprint density at radius 3 is 3.13 bits per heavy atom. The lowest BCUT2D eigenvalue weighted by molar-refractivity contribution is -0.116. The molecule has 1 aliphatic heterocycles. The molecule has 1 N–H and O–H groups in total. The van der Waals surface area contributed by atoms with Crippen LogP contribution in [0.1, 0.15) is 30.6 Å². The molecule has 0 saturated carbocycles. The average molecular weight is 206 g/mol. The standard InChI is InChI=1S/C12H14O3/c1-8(13)6-9-2-3-12-10(7-9)11(14)4-5-15-12/h2-3,7,11,14H,4-6H2,1H3. The van der Waals surface area contributed by atoms with E-state index in [1.807, 2.05) is 18.2 Å². The summed E-state index contributed by atoms with van der Waals surface area (Å²) in [6, 6.07) is 5.56. The number of carbonyl (C=O) groups excluding carboxylic acids is 1. The SMILES string of the molecule is CC(=O)Cc1ccc2c(c1)C(O)CCO2. The molecule has 1 aromatic rings. The summed E-state index contributed by atoms with van der Waals surface area (Å²) in [7, 11) is 0. The molecule has 3 nitrogen and oxygen atoms in total. The third-order valence-corrected chi connectivity index (χ3v) is 2.54. The van der Waals surface area contributed by atoms with Gasteiger partial charge >= 0.3 is 0 Å². The largest absolute Gasteiger partial charge is 0.493 e. The highest BCUT2D eigenvalue weighted by atomic mass is 16.5. The number of Topliss-reactive ketones (excluding diaryl/α,β-unsaturated/α-hetero) is 1. The minimum atomic E-state index is -0.458. The summed E-state index contributed by atoms with van der Waals surface area (Å²) < 4.78 is 5.41. The Labute approximate surface area is 88.7 Å². The number of rotatable bonds is 2. The summed E-state index contributed by atoms with van der Waals surface area (Å²) in [6.07, 6.45) is 0.580. The number of fused-ring (bicyclic) bond motifs is 1. The lowest BCUT2D eigenvalue weighted by atomic mass is 9.99. The van der Waals surface area contributed by atoms with Gasteiger partial charge in [-0.05, 0) is 24.6 Å². The third kappa shape index (κ3) is 2.18. The number of ketones is 1. The van der Waals surface area contributed by atoms with Crippen molar-refractivity contribution >= 4 is 5.78 Å². The van der Waals surface area contributed by atoms with Crippen LogP contribution in [0.25, 0.3) is 0 Å². The van der Waals surface area contributed by atoms with Crippen molar-refractivity contribution in [2.24, 2.45) is 0 Å². The van der Waals surface area contributed by atoms with E-state index >= 15 is 0 Å².